The predicted octanol–water partition coefficient (Wildman–Crippen LogP) is 22.4. The van der Waals surface area contributed by atoms with Crippen LogP contribution in [0, 0.1) is 0 Å². The van der Waals surface area contributed by atoms with E-state index in [9.17, 15) is 14.4 Å². The number of rotatable bonds is 59. The lowest BCUT2D eigenvalue weighted by Gasteiger charge is -2.18. The van der Waals surface area contributed by atoms with Crippen molar-refractivity contribution in [3.05, 3.63) is 97.2 Å². The monoisotopic (exact) mass is 1070 g/mol. The Labute approximate surface area is 477 Å². The number of carbonyl (C=O) groups excluding carboxylic acids is 3. The van der Waals surface area contributed by atoms with Crippen molar-refractivity contribution in [3.8, 4) is 0 Å². The van der Waals surface area contributed by atoms with Crippen molar-refractivity contribution in [2.75, 3.05) is 13.2 Å². The molecule has 1 atom stereocenters. The van der Waals surface area contributed by atoms with Gasteiger partial charge in [0.15, 0.2) is 6.10 Å². The summed E-state index contributed by atoms with van der Waals surface area (Å²) in [6, 6.07) is 0. The molecule has 0 rings (SSSR count). The fourth-order valence-corrected chi connectivity index (χ4v) is 9.17. The fraction of sp³-hybridized carbons (Fsp3) is 0.732. The maximum absolute atomic E-state index is 12.9. The maximum Gasteiger partial charge on any atom is 0.306 e. The van der Waals surface area contributed by atoms with Crippen LogP contribution in [0.1, 0.15) is 316 Å². The number of unbranched alkanes of at least 4 members (excludes halogenated alkanes) is 32. The SMILES string of the molecule is CC/C=C\C/C=C\C/C=C\C/C=C\C/C=C\C/C=C\CCCCCCCCCCCCC(=O)OCC(COC(=O)CCCCCCC/C=C\C/C=C\CCCC)OC(=O)CCCCCCCCCCCCCCCCCC. The highest BCUT2D eigenvalue weighted by Gasteiger charge is 2.19. The second-order valence-corrected chi connectivity index (χ2v) is 21.6. The molecule has 6 heteroatoms. The summed E-state index contributed by atoms with van der Waals surface area (Å²) in [4.78, 5) is 38.3. The van der Waals surface area contributed by atoms with E-state index in [-0.39, 0.29) is 31.1 Å². The van der Waals surface area contributed by atoms with E-state index in [2.05, 4.69) is 118 Å². The molecule has 0 aromatic carbocycles. The molecule has 0 amide bonds. The number of hydrogen-bond acceptors (Lipinski definition) is 6. The quantitative estimate of drug-likeness (QED) is 0.0261. The maximum atomic E-state index is 12.9. The molecule has 0 saturated heterocycles. The summed E-state index contributed by atoms with van der Waals surface area (Å²) in [5.41, 5.74) is 0. The van der Waals surface area contributed by atoms with Gasteiger partial charge >= 0.3 is 17.9 Å². The van der Waals surface area contributed by atoms with E-state index in [1.165, 1.54) is 161 Å². The van der Waals surface area contributed by atoms with E-state index in [4.69, 9.17) is 14.2 Å². The number of ether oxygens (including phenoxy) is 3. The fourth-order valence-electron chi connectivity index (χ4n) is 9.17. The second-order valence-electron chi connectivity index (χ2n) is 21.6. The van der Waals surface area contributed by atoms with Crippen molar-refractivity contribution in [2.45, 2.75) is 322 Å². The highest BCUT2D eigenvalue weighted by molar-refractivity contribution is 5.71. The molecular weight excluding hydrogens is 949 g/mol. The molecule has 6 nitrogen and oxygen atoms in total. The molecule has 0 radical (unpaired) electrons. The first-order valence-electron chi connectivity index (χ1n) is 32.7. The highest BCUT2D eigenvalue weighted by atomic mass is 16.6. The van der Waals surface area contributed by atoms with Crippen LogP contribution in [0.2, 0.25) is 0 Å². The minimum Gasteiger partial charge on any atom is -0.462 e. The number of allylic oxidation sites excluding steroid dienone is 16. The van der Waals surface area contributed by atoms with Gasteiger partial charge in [0.2, 0.25) is 0 Å². The zero-order chi connectivity index (χ0) is 55.7. The van der Waals surface area contributed by atoms with Crippen LogP contribution in [0.25, 0.3) is 0 Å². The van der Waals surface area contributed by atoms with Crippen LogP contribution >= 0.6 is 0 Å². The molecule has 0 fully saturated rings. The summed E-state index contributed by atoms with van der Waals surface area (Å²) < 4.78 is 16.9. The standard InChI is InChI=1S/C71H122O6/c1-4-7-10-13-16-19-22-25-28-30-31-32-33-34-35-36-37-38-39-40-41-42-44-46-49-52-55-58-61-64-70(73)76-67-68(66-75-69(72)63-60-57-54-51-48-45-27-24-21-18-15-12-9-6-3)77-71(74)65-62-59-56-53-50-47-43-29-26-23-20-17-14-11-8-5-2/h7,10,15-16,18-19,24-25,27-28,31-32,34-35,37-38,68H,4-6,8-9,11-14,17,20-23,26,29-30,33,36,39-67H2,1-3H3/b10-7-,18-15-,19-16-,27-24-,28-25-,32-31-,35-34-,38-37-. The molecule has 0 aliphatic carbocycles. The van der Waals surface area contributed by atoms with Crippen LogP contribution in [-0.4, -0.2) is 37.2 Å². The lowest BCUT2D eigenvalue weighted by Crippen LogP contribution is -2.30. The van der Waals surface area contributed by atoms with E-state index in [0.29, 0.717) is 19.3 Å². The molecule has 77 heavy (non-hydrogen) atoms. The van der Waals surface area contributed by atoms with E-state index in [1.807, 2.05) is 0 Å². The van der Waals surface area contributed by atoms with E-state index in [0.717, 1.165) is 116 Å². The molecule has 442 valence electrons. The number of esters is 3. The van der Waals surface area contributed by atoms with Gasteiger partial charge in [-0.05, 0) is 96.3 Å². The van der Waals surface area contributed by atoms with Gasteiger partial charge in [0.05, 0.1) is 0 Å². The van der Waals surface area contributed by atoms with Crippen LogP contribution in [0.5, 0.6) is 0 Å². The Morgan fingerprint density at radius 3 is 0.831 bits per heavy atom. The average Bonchev–Trinajstić information content (AvgIpc) is 3.43. The minimum absolute atomic E-state index is 0.0816. The van der Waals surface area contributed by atoms with Gasteiger partial charge in [0.25, 0.3) is 0 Å². The van der Waals surface area contributed by atoms with Crippen LogP contribution in [-0.2, 0) is 28.6 Å². The van der Waals surface area contributed by atoms with Gasteiger partial charge in [-0.15, -0.1) is 0 Å². The molecule has 0 saturated carbocycles. The third-order valence-electron chi connectivity index (χ3n) is 14.1. The third-order valence-corrected chi connectivity index (χ3v) is 14.1. The summed E-state index contributed by atoms with van der Waals surface area (Å²) in [5.74, 6) is -0.887. The smallest absolute Gasteiger partial charge is 0.306 e. The third kappa shape index (κ3) is 63.0. The van der Waals surface area contributed by atoms with Gasteiger partial charge in [0.1, 0.15) is 13.2 Å². The Hall–Kier alpha value is -3.67. The Bertz CT molecular complexity index is 1510. The molecular formula is C71H122O6. The van der Waals surface area contributed by atoms with Crippen molar-refractivity contribution in [1.29, 1.82) is 0 Å². The Balaban J connectivity index is 4.29. The van der Waals surface area contributed by atoms with Crippen LogP contribution in [0.4, 0.5) is 0 Å². The van der Waals surface area contributed by atoms with Crippen molar-refractivity contribution in [3.63, 3.8) is 0 Å². The molecule has 0 heterocycles. The second kappa shape index (κ2) is 64.9. The van der Waals surface area contributed by atoms with E-state index >= 15 is 0 Å². The summed E-state index contributed by atoms with van der Waals surface area (Å²) >= 11 is 0. The van der Waals surface area contributed by atoms with Gasteiger partial charge < -0.3 is 14.2 Å². The van der Waals surface area contributed by atoms with Crippen molar-refractivity contribution >= 4 is 17.9 Å². The minimum atomic E-state index is -0.784. The van der Waals surface area contributed by atoms with Crippen LogP contribution in [0.15, 0.2) is 97.2 Å². The van der Waals surface area contributed by atoms with Crippen molar-refractivity contribution < 1.29 is 28.6 Å². The predicted molar refractivity (Wildman–Crippen MR) is 334 cm³/mol. The average molecular weight is 1070 g/mol. The highest BCUT2D eigenvalue weighted by Crippen LogP contribution is 2.17. The first-order chi connectivity index (χ1) is 38.0. The summed E-state index contributed by atoms with van der Waals surface area (Å²) in [6.07, 6.45) is 87.0. The van der Waals surface area contributed by atoms with Gasteiger partial charge in [-0.3, -0.25) is 14.4 Å². The van der Waals surface area contributed by atoms with E-state index in [1.54, 1.807) is 0 Å². The molecule has 0 aromatic rings. The molecule has 0 aliphatic heterocycles. The number of carbonyl (C=O) groups is 3. The summed E-state index contributed by atoms with van der Waals surface area (Å²) in [5, 5.41) is 0. The first-order valence-corrected chi connectivity index (χ1v) is 32.7. The molecule has 1 unspecified atom stereocenters. The molecule has 0 bridgehead atoms. The Kier molecular flexibility index (Phi) is 61.8. The topological polar surface area (TPSA) is 78.9 Å². The summed E-state index contributed by atoms with van der Waals surface area (Å²) in [7, 11) is 0. The van der Waals surface area contributed by atoms with Gasteiger partial charge in [-0.2, -0.15) is 0 Å². The van der Waals surface area contributed by atoms with E-state index < -0.39 is 6.10 Å². The first kappa shape index (κ1) is 73.3. The number of hydrogen-bond donors (Lipinski definition) is 0. The lowest BCUT2D eigenvalue weighted by atomic mass is 10.0. The Morgan fingerprint density at radius 1 is 0.273 bits per heavy atom. The van der Waals surface area contributed by atoms with Crippen molar-refractivity contribution in [1.82, 2.24) is 0 Å². The van der Waals surface area contributed by atoms with Gasteiger partial charge in [0, 0.05) is 19.3 Å². The molecule has 0 spiro atoms. The lowest BCUT2D eigenvalue weighted by molar-refractivity contribution is -0.167. The zero-order valence-corrected chi connectivity index (χ0v) is 50.7. The van der Waals surface area contributed by atoms with Crippen LogP contribution in [0.3, 0.4) is 0 Å². The molecule has 0 aromatic heterocycles. The largest absolute Gasteiger partial charge is 0.462 e. The molecule has 0 N–H and O–H groups in total. The summed E-state index contributed by atoms with van der Waals surface area (Å²) in [6.45, 7) is 6.50. The van der Waals surface area contributed by atoms with Crippen molar-refractivity contribution in [2.24, 2.45) is 0 Å². The normalized spacial score (nSPS) is 12.7. The van der Waals surface area contributed by atoms with Gasteiger partial charge in [-0.25, -0.2) is 0 Å². The van der Waals surface area contributed by atoms with Crippen LogP contribution < -0.4 is 0 Å². The van der Waals surface area contributed by atoms with Gasteiger partial charge in [-0.1, -0.05) is 298 Å². The Morgan fingerprint density at radius 2 is 0.519 bits per heavy atom. The zero-order valence-electron chi connectivity index (χ0n) is 50.7. The molecule has 0 aliphatic rings.